The number of benzene rings is 2. The van der Waals surface area contributed by atoms with Crippen LogP contribution in [0.15, 0.2) is 76.6 Å². The van der Waals surface area contributed by atoms with Gasteiger partial charge >= 0.3 is 0 Å². The van der Waals surface area contributed by atoms with Crippen LogP contribution in [-0.2, 0) is 12.3 Å². The van der Waals surface area contributed by atoms with Gasteiger partial charge in [0.05, 0.1) is 0 Å². The van der Waals surface area contributed by atoms with Crippen LogP contribution in [0.5, 0.6) is 0 Å². The third-order valence-electron chi connectivity index (χ3n) is 4.36. The first-order chi connectivity index (χ1) is 13.7. The van der Waals surface area contributed by atoms with Crippen LogP contribution < -0.4 is 5.32 Å². The Labute approximate surface area is 167 Å². The zero-order chi connectivity index (χ0) is 19.3. The molecule has 0 aliphatic rings. The third kappa shape index (κ3) is 4.23. The summed E-state index contributed by atoms with van der Waals surface area (Å²) in [6.07, 6.45) is 3.43. The summed E-state index contributed by atoms with van der Waals surface area (Å²) >= 11 is 1.52. The van der Waals surface area contributed by atoms with E-state index in [0.29, 0.717) is 23.1 Å². The number of nitrogens with one attached hydrogen (secondary N) is 1. The number of aromatic nitrogens is 2. The maximum Gasteiger partial charge on any atom is 0.257 e. The van der Waals surface area contributed by atoms with Gasteiger partial charge in [0.2, 0.25) is 0 Å². The number of amides is 1. The van der Waals surface area contributed by atoms with Gasteiger partial charge in [0.25, 0.3) is 11.1 Å². The van der Waals surface area contributed by atoms with Crippen LogP contribution >= 0.6 is 11.8 Å². The van der Waals surface area contributed by atoms with Crippen LogP contribution in [0, 0.1) is 6.92 Å². The molecule has 0 unspecified atom stereocenters. The Morgan fingerprint density at radius 2 is 1.89 bits per heavy atom. The Bertz CT molecular complexity index is 1110. The number of fused-ring (bicyclic) bond motifs is 1. The predicted molar refractivity (Wildman–Crippen MR) is 110 cm³/mol. The van der Waals surface area contributed by atoms with Crippen molar-refractivity contribution in [3.8, 4) is 0 Å². The average Bonchev–Trinajstić information content (AvgIpc) is 3.16. The van der Waals surface area contributed by atoms with Gasteiger partial charge in [0.15, 0.2) is 5.58 Å². The van der Waals surface area contributed by atoms with E-state index >= 15 is 0 Å². The number of thioether (sulfide) groups is 1. The Morgan fingerprint density at radius 1 is 1.07 bits per heavy atom. The summed E-state index contributed by atoms with van der Waals surface area (Å²) in [5.74, 6) is 0.582. The van der Waals surface area contributed by atoms with Gasteiger partial charge in [-0.1, -0.05) is 36.0 Å². The topological polar surface area (TPSA) is 68.0 Å². The minimum absolute atomic E-state index is 0.0962. The van der Waals surface area contributed by atoms with E-state index in [4.69, 9.17) is 4.42 Å². The number of carbonyl (C=O) groups excluding carboxylic acids is 1. The van der Waals surface area contributed by atoms with E-state index in [0.717, 1.165) is 27.8 Å². The van der Waals surface area contributed by atoms with Crippen molar-refractivity contribution in [2.75, 3.05) is 0 Å². The number of pyridine rings is 1. The molecule has 4 rings (SSSR count). The molecule has 5 nitrogen and oxygen atoms in total. The molecular weight excluding hydrogens is 370 g/mol. The van der Waals surface area contributed by atoms with Gasteiger partial charge in [0, 0.05) is 30.3 Å². The quantitative estimate of drug-likeness (QED) is 0.482. The van der Waals surface area contributed by atoms with Crippen molar-refractivity contribution >= 4 is 28.8 Å². The van der Waals surface area contributed by atoms with Crippen molar-refractivity contribution in [2.45, 2.75) is 24.4 Å². The second kappa shape index (κ2) is 8.27. The lowest BCUT2D eigenvalue weighted by Crippen LogP contribution is -2.22. The molecule has 6 heteroatoms. The summed E-state index contributed by atoms with van der Waals surface area (Å²) in [7, 11) is 0. The summed E-state index contributed by atoms with van der Waals surface area (Å²) < 4.78 is 5.80. The summed E-state index contributed by atoms with van der Waals surface area (Å²) in [6.45, 7) is 2.50. The van der Waals surface area contributed by atoms with Crippen LogP contribution in [0.4, 0.5) is 0 Å². The summed E-state index contributed by atoms with van der Waals surface area (Å²) in [4.78, 5) is 21.0. The zero-order valence-corrected chi connectivity index (χ0v) is 16.2. The van der Waals surface area contributed by atoms with E-state index in [2.05, 4.69) is 15.3 Å². The number of carbonyl (C=O) groups is 1. The molecule has 28 heavy (non-hydrogen) atoms. The molecule has 0 saturated carbocycles. The van der Waals surface area contributed by atoms with Crippen molar-refractivity contribution < 1.29 is 9.21 Å². The molecule has 0 saturated heterocycles. The van der Waals surface area contributed by atoms with Gasteiger partial charge in [-0.2, -0.15) is 0 Å². The van der Waals surface area contributed by atoms with E-state index in [-0.39, 0.29) is 5.91 Å². The van der Waals surface area contributed by atoms with Gasteiger partial charge < -0.3 is 9.73 Å². The highest BCUT2D eigenvalue weighted by atomic mass is 32.2. The summed E-state index contributed by atoms with van der Waals surface area (Å²) in [5, 5.41) is 3.57. The molecule has 1 amide bonds. The Kier molecular flexibility index (Phi) is 5.39. The predicted octanol–water partition coefficient (Wildman–Crippen LogP) is 4.75. The van der Waals surface area contributed by atoms with Crippen molar-refractivity contribution in [1.82, 2.24) is 15.3 Å². The molecule has 1 N–H and O–H groups in total. The van der Waals surface area contributed by atoms with Crippen LogP contribution in [0.2, 0.25) is 0 Å². The lowest BCUT2D eigenvalue weighted by molar-refractivity contribution is 0.0951. The van der Waals surface area contributed by atoms with E-state index < -0.39 is 0 Å². The minimum atomic E-state index is -0.0962. The molecule has 0 atom stereocenters. The van der Waals surface area contributed by atoms with E-state index in [1.54, 1.807) is 12.4 Å². The fourth-order valence-corrected chi connectivity index (χ4v) is 3.63. The van der Waals surface area contributed by atoms with E-state index in [1.165, 1.54) is 11.8 Å². The third-order valence-corrected chi connectivity index (χ3v) is 5.25. The highest BCUT2D eigenvalue weighted by molar-refractivity contribution is 7.98. The largest absolute Gasteiger partial charge is 0.431 e. The minimum Gasteiger partial charge on any atom is -0.431 e. The second-order valence-electron chi connectivity index (χ2n) is 6.43. The highest BCUT2D eigenvalue weighted by Gasteiger charge is 2.10. The summed E-state index contributed by atoms with van der Waals surface area (Å²) in [5.41, 5.74) is 5.49. The van der Waals surface area contributed by atoms with E-state index in [1.807, 2.05) is 61.5 Å². The maximum absolute atomic E-state index is 12.4. The average molecular weight is 389 g/mol. The fraction of sp³-hybridized carbons (Fsp3) is 0.136. The number of hydrogen-bond donors (Lipinski definition) is 1. The Balaban J connectivity index is 1.40. The number of aryl methyl sites for hydroxylation is 1. The van der Waals surface area contributed by atoms with Crippen LogP contribution in [-0.4, -0.2) is 15.9 Å². The molecule has 0 aliphatic carbocycles. The standard InChI is InChI=1S/C22H19N3O2S/c1-15-4-2-7-19-20(15)25-22(27-19)28-14-17-5-3-6-18(12-17)21(26)24-13-16-8-10-23-11-9-16/h2-12H,13-14H2,1H3,(H,24,26). The van der Waals surface area contributed by atoms with Gasteiger partial charge in [-0.15, -0.1) is 0 Å². The first-order valence-corrected chi connectivity index (χ1v) is 9.92. The molecule has 0 spiro atoms. The van der Waals surface area contributed by atoms with Gasteiger partial charge in [0.1, 0.15) is 5.52 Å². The monoisotopic (exact) mass is 389 g/mol. The highest BCUT2D eigenvalue weighted by Crippen LogP contribution is 2.27. The maximum atomic E-state index is 12.4. The van der Waals surface area contributed by atoms with Crippen LogP contribution in [0.3, 0.4) is 0 Å². The number of para-hydroxylation sites is 1. The molecular formula is C22H19N3O2S. The lowest BCUT2D eigenvalue weighted by Gasteiger charge is -2.07. The molecule has 0 fully saturated rings. The number of nitrogens with zero attached hydrogens (tertiary/aromatic N) is 2. The molecule has 0 radical (unpaired) electrons. The molecule has 4 aromatic rings. The molecule has 140 valence electrons. The second-order valence-corrected chi connectivity index (χ2v) is 7.36. The van der Waals surface area contributed by atoms with Crippen molar-refractivity contribution in [1.29, 1.82) is 0 Å². The lowest BCUT2D eigenvalue weighted by atomic mass is 10.1. The fourth-order valence-electron chi connectivity index (χ4n) is 2.86. The Hall–Kier alpha value is -3.12. The van der Waals surface area contributed by atoms with Crippen molar-refractivity contribution in [2.24, 2.45) is 0 Å². The van der Waals surface area contributed by atoms with Crippen molar-refractivity contribution in [3.63, 3.8) is 0 Å². The van der Waals surface area contributed by atoms with E-state index in [9.17, 15) is 4.79 Å². The number of rotatable bonds is 6. The number of oxazole rings is 1. The van der Waals surface area contributed by atoms with Gasteiger partial charge in [-0.3, -0.25) is 9.78 Å². The first kappa shape index (κ1) is 18.3. The SMILES string of the molecule is Cc1cccc2oc(SCc3cccc(C(=O)NCc4ccncc4)c3)nc12. The first-order valence-electron chi connectivity index (χ1n) is 8.94. The van der Waals surface area contributed by atoms with Crippen LogP contribution in [0.1, 0.15) is 27.0 Å². The van der Waals surface area contributed by atoms with Gasteiger partial charge in [-0.05, 0) is 53.9 Å². The smallest absolute Gasteiger partial charge is 0.257 e. The molecule has 2 aromatic carbocycles. The van der Waals surface area contributed by atoms with Gasteiger partial charge in [-0.25, -0.2) is 4.98 Å². The molecule has 0 aliphatic heterocycles. The zero-order valence-electron chi connectivity index (χ0n) is 15.4. The molecule has 0 bridgehead atoms. The summed E-state index contributed by atoms with van der Waals surface area (Å²) in [6, 6.07) is 17.3. The molecule has 2 aromatic heterocycles. The Morgan fingerprint density at radius 3 is 2.71 bits per heavy atom. The van der Waals surface area contributed by atoms with Crippen molar-refractivity contribution in [3.05, 3.63) is 89.2 Å². The normalized spacial score (nSPS) is 10.9. The van der Waals surface area contributed by atoms with Crippen LogP contribution in [0.25, 0.3) is 11.1 Å². The molecule has 2 heterocycles. The number of hydrogen-bond acceptors (Lipinski definition) is 5.